The highest BCUT2D eigenvalue weighted by molar-refractivity contribution is 7.10. The summed E-state index contributed by atoms with van der Waals surface area (Å²) < 4.78 is 18.5. The molecule has 2 aromatic carbocycles. The number of benzene rings is 2. The molecule has 1 N–H and O–H groups in total. The Hall–Kier alpha value is -2.66. The molecular formula is C19H16FNO2S. The Morgan fingerprint density at radius 2 is 1.83 bits per heavy atom. The van der Waals surface area contributed by atoms with Gasteiger partial charge in [-0.05, 0) is 41.3 Å². The monoisotopic (exact) mass is 341 g/mol. The smallest absolute Gasteiger partial charge is 0.255 e. The van der Waals surface area contributed by atoms with E-state index in [0.717, 1.165) is 10.4 Å². The van der Waals surface area contributed by atoms with Crippen LogP contribution in [-0.4, -0.2) is 13.0 Å². The number of hydrogen-bond donors (Lipinski definition) is 1. The Morgan fingerprint density at radius 1 is 1.08 bits per heavy atom. The highest BCUT2D eigenvalue weighted by atomic mass is 32.1. The number of amides is 1. The van der Waals surface area contributed by atoms with Crippen molar-refractivity contribution in [3.63, 3.8) is 0 Å². The second-order valence-corrected chi connectivity index (χ2v) is 6.15. The molecule has 0 aliphatic heterocycles. The van der Waals surface area contributed by atoms with Gasteiger partial charge in [0.05, 0.1) is 18.7 Å². The third-order valence-corrected chi connectivity index (χ3v) is 4.60. The Bertz CT molecular complexity index is 816. The lowest BCUT2D eigenvalue weighted by Crippen LogP contribution is -2.29. The molecule has 3 aromatic rings. The minimum atomic E-state index is -0.344. The fraction of sp³-hybridized carbons (Fsp3) is 0.105. The van der Waals surface area contributed by atoms with Crippen molar-refractivity contribution in [3.8, 4) is 5.75 Å². The van der Waals surface area contributed by atoms with Gasteiger partial charge in [-0.15, -0.1) is 11.3 Å². The Balaban J connectivity index is 1.92. The van der Waals surface area contributed by atoms with Gasteiger partial charge in [-0.1, -0.05) is 30.3 Å². The van der Waals surface area contributed by atoms with E-state index in [1.54, 1.807) is 30.3 Å². The first-order valence-corrected chi connectivity index (χ1v) is 8.30. The van der Waals surface area contributed by atoms with Crippen LogP contribution in [0.25, 0.3) is 0 Å². The molecule has 1 atom stereocenters. The lowest BCUT2D eigenvalue weighted by atomic mass is 10.0. The van der Waals surface area contributed by atoms with Crippen LogP contribution in [0.15, 0.2) is 66.0 Å². The van der Waals surface area contributed by atoms with E-state index in [1.807, 2.05) is 23.6 Å². The topological polar surface area (TPSA) is 38.3 Å². The number of carbonyl (C=O) groups is 1. The highest BCUT2D eigenvalue weighted by Gasteiger charge is 2.20. The van der Waals surface area contributed by atoms with Crippen LogP contribution in [0.4, 0.5) is 4.39 Å². The molecule has 0 aliphatic carbocycles. The molecule has 0 saturated carbocycles. The first-order valence-electron chi connectivity index (χ1n) is 7.42. The molecule has 0 radical (unpaired) electrons. The van der Waals surface area contributed by atoms with Gasteiger partial charge < -0.3 is 10.1 Å². The fourth-order valence-electron chi connectivity index (χ4n) is 2.47. The van der Waals surface area contributed by atoms with Crippen molar-refractivity contribution in [1.82, 2.24) is 5.32 Å². The van der Waals surface area contributed by atoms with E-state index in [4.69, 9.17) is 4.74 Å². The molecule has 0 spiro atoms. The zero-order valence-corrected chi connectivity index (χ0v) is 13.8. The third kappa shape index (κ3) is 3.46. The second kappa shape index (κ2) is 7.27. The number of para-hydroxylation sites is 1. The number of methoxy groups -OCH3 is 1. The van der Waals surface area contributed by atoms with Gasteiger partial charge >= 0.3 is 0 Å². The maximum atomic E-state index is 13.2. The van der Waals surface area contributed by atoms with Gasteiger partial charge in [-0.2, -0.15) is 0 Å². The predicted octanol–water partition coefficient (Wildman–Crippen LogP) is 4.42. The maximum Gasteiger partial charge on any atom is 0.255 e. The fourth-order valence-corrected chi connectivity index (χ4v) is 3.27. The van der Waals surface area contributed by atoms with Gasteiger partial charge in [0.15, 0.2) is 0 Å². The van der Waals surface area contributed by atoms with Crippen LogP contribution < -0.4 is 10.1 Å². The molecule has 1 amide bonds. The lowest BCUT2D eigenvalue weighted by Gasteiger charge is -2.19. The summed E-state index contributed by atoms with van der Waals surface area (Å²) in [5, 5.41) is 4.96. The zero-order chi connectivity index (χ0) is 16.9. The van der Waals surface area contributed by atoms with Crippen LogP contribution in [0.2, 0.25) is 0 Å². The van der Waals surface area contributed by atoms with Crippen LogP contribution in [0.5, 0.6) is 5.75 Å². The number of rotatable bonds is 5. The first kappa shape index (κ1) is 16.2. The van der Waals surface area contributed by atoms with E-state index < -0.39 is 0 Å². The van der Waals surface area contributed by atoms with Gasteiger partial charge in [0.2, 0.25) is 0 Å². The zero-order valence-electron chi connectivity index (χ0n) is 13.0. The van der Waals surface area contributed by atoms with E-state index in [1.165, 1.54) is 30.6 Å². The largest absolute Gasteiger partial charge is 0.496 e. The quantitative estimate of drug-likeness (QED) is 0.746. The summed E-state index contributed by atoms with van der Waals surface area (Å²) in [4.78, 5) is 13.7. The molecule has 24 heavy (non-hydrogen) atoms. The highest BCUT2D eigenvalue weighted by Crippen LogP contribution is 2.27. The van der Waals surface area contributed by atoms with Crippen molar-refractivity contribution < 1.29 is 13.9 Å². The molecule has 5 heteroatoms. The van der Waals surface area contributed by atoms with Gasteiger partial charge in [0.1, 0.15) is 11.6 Å². The summed E-state index contributed by atoms with van der Waals surface area (Å²) in [6.07, 6.45) is 0. The van der Waals surface area contributed by atoms with Crippen molar-refractivity contribution in [1.29, 1.82) is 0 Å². The Morgan fingerprint density at radius 3 is 2.50 bits per heavy atom. The van der Waals surface area contributed by atoms with Crippen molar-refractivity contribution in [3.05, 3.63) is 87.9 Å². The van der Waals surface area contributed by atoms with Crippen LogP contribution >= 0.6 is 11.3 Å². The van der Waals surface area contributed by atoms with Crippen molar-refractivity contribution in [2.45, 2.75) is 6.04 Å². The molecule has 1 aromatic heterocycles. The number of halogens is 1. The summed E-state index contributed by atoms with van der Waals surface area (Å²) in [7, 11) is 1.53. The van der Waals surface area contributed by atoms with Gasteiger partial charge in [-0.3, -0.25) is 4.79 Å². The summed E-state index contributed by atoms with van der Waals surface area (Å²) >= 11 is 1.54. The van der Waals surface area contributed by atoms with E-state index in [2.05, 4.69) is 5.32 Å². The molecular weight excluding hydrogens is 325 g/mol. The van der Waals surface area contributed by atoms with Gasteiger partial charge in [-0.25, -0.2) is 4.39 Å². The van der Waals surface area contributed by atoms with Crippen LogP contribution in [0, 0.1) is 5.82 Å². The standard InChI is InChI=1S/C19H16FNO2S/c1-23-16-6-3-2-5-15(16)19(22)21-18(17-7-4-12-24-17)13-8-10-14(20)11-9-13/h2-12,18H,1H3,(H,21,22). The van der Waals surface area contributed by atoms with Crippen molar-refractivity contribution >= 4 is 17.2 Å². The SMILES string of the molecule is COc1ccccc1C(=O)NC(c1ccc(F)cc1)c1cccs1. The number of nitrogens with one attached hydrogen (secondary N) is 1. The molecule has 0 aliphatic rings. The second-order valence-electron chi connectivity index (χ2n) is 5.17. The molecule has 3 nitrogen and oxygen atoms in total. The normalized spacial score (nSPS) is 11.8. The minimum absolute atomic E-state index is 0.241. The summed E-state index contributed by atoms with van der Waals surface area (Å²) in [5.41, 5.74) is 1.28. The number of ether oxygens (including phenoxy) is 1. The first-order chi connectivity index (χ1) is 11.7. The van der Waals surface area contributed by atoms with E-state index in [-0.39, 0.29) is 17.8 Å². The Labute approximate surface area is 143 Å². The average Bonchev–Trinajstić information content (AvgIpc) is 3.14. The number of carbonyl (C=O) groups excluding carboxylic acids is 1. The summed E-state index contributed by atoms with van der Waals surface area (Å²) in [6.45, 7) is 0. The summed E-state index contributed by atoms with van der Waals surface area (Å²) in [5.74, 6) is -0.0334. The van der Waals surface area contributed by atoms with Crippen molar-refractivity contribution in [2.24, 2.45) is 0 Å². The summed E-state index contributed by atoms with van der Waals surface area (Å²) in [6, 6.07) is 16.7. The predicted molar refractivity (Wildman–Crippen MR) is 93.0 cm³/mol. The maximum absolute atomic E-state index is 13.2. The average molecular weight is 341 g/mol. The van der Waals surface area contributed by atoms with E-state index >= 15 is 0 Å². The van der Waals surface area contributed by atoms with E-state index in [0.29, 0.717) is 11.3 Å². The van der Waals surface area contributed by atoms with Gasteiger partial charge in [0.25, 0.3) is 5.91 Å². The Kier molecular flexibility index (Phi) is 4.91. The number of hydrogen-bond acceptors (Lipinski definition) is 3. The molecule has 3 rings (SSSR count). The molecule has 0 fully saturated rings. The molecule has 122 valence electrons. The van der Waals surface area contributed by atoms with Crippen LogP contribution in [0.3, 0.4) is 0 Å². The molecule has 1 unspecified atom stereocenters. The molecule has 0 bridgehead atoms. The molecule has 1 heterocycles. The van der Waals surface area contributed by atoms with Gasteiger partial charge in [0, 0.05) is 4.88 Å². The van der Waals surface area contributed by atoms with Crippen LogP contribution in [-0.2, 0) is 0 Å². The van der Waals surface area contributed by atoms with Crippen molar-refractivity contribution in [2.75, 3.05) is 7.11 Å². The third-order valence-electron chi connectivity index (χ3n) is 3.66. The van der Waals surface area contributed by atoms with E-state index in [9.17, 15) is 9.18 Å². The lowest BCUT2D eigenvalue weighted by molar-refractivity contribution is 0.0940. The number of thiophene rings is 1. The minimum Gasteiger partial charge on any atom is -0.496 e. The molecule has 0 saturated heterocycles. The van der Waals surface area contributed by atoms with Crippen LogP contribution in [0.1, 0.15) is 26.8 Å².